The molecule has 3 rings (SSSR count). The van der Waals surface area contributed by atoms with Crippen molar-refractivity contribution >= 4 is 5.91 Å². The van der Waals surface area contributed by atoms with E-state index in [1.807, 2.05) is 29.2 Å². The second-order valence-electron chi connectivity index (χ2n) is 5.78. The third kappa shape index (κ3) is 3.92. The summed E-state index contributed by atoms with van der Waals surface area (Å²) in [5.41, 5.74) is 1.84. The highest BCUT2D eigenvalue weighted by Crippen LogP contribution is 2.23. The standard InChI is InChI=1S/C19H20FNO3/c1-23-17-8-2-14(3-9-17)12-19(22)21-10-11-24-18(13-21)15-4-6-16(20)7-5-15/h2-9,18H,10-13H2,1H3. The average Bonchev–Trinajstić information content (AvgIpc) is 2.63. The highest BCUT2D eigenvalue weighted by atomic mass is 19.1. The van der Waals surface area contributed by atoms with Gasteiger partial charge in [0.2, 0.25) is 5.91 Å². The Morgan fingerprint density at radius 3 is 2.58 bits per heavy atom. The number of rotatable bonds is 4. The Labute approximate surface area is 140 Å². The summed E-state index contributed by atoms with van der Waals surface area (Å²) in [6.07, 6.45) is 0.138. The molecule has 0 aliphatic carbocycles. The van der Waals surface area contributed by atoms with Gasteiger partial charge in [0.25, 0.3) is 0 Å². The maximum Gasteiger partial charge on any atom is 0.227 e. The Morgan fingerprint density at radius 2 is 1.92 bits per heavy atom. The van der Waals surface area contributed by atoms with E-state index in [1.165, 1.54) is 12.1 Å². The van der Waals surface area contributed by atoms with Crippen LogP contribution in [0.1, 0.15) is 17.2 Å². The van der Waals surface area contributed by atoms with Crippen molar-refractivity contribution in [3.05, 3.63) is 65.5 Å². The van der Waals surface area contributed by atoms with Crippen LogP contribution in [0.5, 0.6) is 5.75 Å². The number of carbonyl (C=O) groups is 1. The summed E-state index contributed by atoms with van der Waals surface area (Å²) < 4.78 is 23.9. The van der Waals surface area contributed by atoms with Gasteiger partial charge >= 0.3 is 0 Å². The number of carbonyl (C=O) groups excluding carboxylic acids is 1. The van der Waals surface area contributed by atoms with Crippen molar-refractivity contribution < 1.29 is 18.7 Å². The Balaban J connectivity index is 1.63. The van der Waals surface area contributed by atoms with E-state index in [-0.39, 0.29) is 17.8 Å². The van der Waals surface area contributed by atoms with Crippen LogP contribution in [0.25, 0.3) is 0 Å². The van der Waals surface area contributed by atoms with Gasteiger partial charge in [-0.3, -0.25) is 4.79 Å². The molecule has 2 aromatic rings. The molecule has 2 aromatic carbocycles. The van der Waals surface area contributed by atoms with Crippen molar-refractivity contribution in [2.45, 2.75) is 12.5 Å². The molecule has 1 fully saturated rings. The Hall–Kier alpha value is -2.40. The lowest BCUT2D eigenvalue weighted by Crippen LogP contribution is -2.42. The first-order valence-corrected chi connectivity index (χ1v) is 7.93. The summed E-state index contributed by atoms with van der Waals surface area (Å²) in [4.78, 5) is 14.3. The van der Waals surface area contributed by atoms with Crippen LogP contribution in [-0.4, -0.2) is 37.6 Å². The van der Waals surface area contributed by atoms with Crippen LogP contribution in [0.3, 0.4) is 0 Å². The van der Waals surface area contributed by atoms with Gasteiger partial charge in [-0.25, -0.2) is 4.39 Å². The summed E-state index contributed by atoms with van der Waals surface area (Å²) in [5, 5.41) is 0. The van der Waals surface area contributed by atoms with Crippen molar-refractivity contribution in [1.29, 1.82) is 0 Å². The van der Waals surface area contributed by atoms with Crippen LogP contribution in [0.2, 0.25) is 0 Å². The summed E-state index contributed by atoms with van der Waals surface area (Å²) >= 11 is 0. The number of benzene rings is 2. The molecule has 126 valence electrons. The van der Waals surface area contributed by atoms with Gasteiger partial charge < -0.3 is 14.4 Å². The summed E-state index contributed by atoms with van der Waals surface area (Å²) in [7, 11) is 1.61. The fourth-order valence-electron chi connectivity index (χ4n) is 2.78. The molecule has 1 aliphatic rings. The third-order valence-electron chi connectivity index (χ3n) is 4.18. The van der Waals surface area contributed by atoms with Crippen molar-refractivity contribution in [3.8, 4) is 5.75 Å². The van der Waals surface area contributed by atoms with Gasteiger partial charge in [-0.15, -0.1) is 0 Å². The number of halogens is 1. The predicted molar refractivity (Wildman–Crippen MR) is 88.4 cm³/mol. The minimum absolute atomic E-state index is 0.0654. The number of hydrogen-bond donors (Lipinski definition) is 0. The van der Waals surface area contributed by atoms with E-state index in [0.29, 0.717) is 26.1 Å². The maximum absolute atomic E-state index is 13.0. The zero-order chi connectivity index (χ0) is 16.9. The monoisotopic (exact) mass is 329 g/mol. The Morgan fingerprint density at radius 1 is 1.21 bits per heavy atom. The predicted octanol–water partition coefficient (Wildman–Crippen LogP) is 2.98. The lowest BCUT2D eigenvalue weighted by atomic mass is 10.1. The van der Waals surface area contributed by atoms with Crippen molar-refractivity contribution in [2.75, 3.05) is 26.8 Å². The number of morpholine rings is 1. The lowest BCUT2D eigenvalue weighted by Gasteiger charge is -2.33. The van der Waals surface area contributed by atoms with E-state index in [2.05, 4.69) is 0 Å². The normalized spacial score (nSPS) is 17.6. The first kappa shape index (κ1) is 16.5. The van der Waals surface area contributed by atoms with Gasteiger partial charge in [-0.05, 0) is 35.4 Å². The molecule has 24 heavy (non-hydrogen) atoms. The van der Waals surface area contributed by atoms with Gasteiger partial charge in [0.15, 0.2) is 0 Å². The molecule has 1 heterocycles. The van der Waals surface area contributed by atoms with Crippen LogP contribution in [0.4, 0.5) is 4.39 Å². The Kier molecular flexibility index (Phi) is 5.11. The number of hydrogen-bond acceptors (Lipinski definition) is 3. The molecule has 1 saturated heterocycles. The zero-order valence-electron chi connectivity index (χ0n) is 13.6. The molecule has 0 saturated carbocycles. The smallest absolute Gasteiger partial charge is 0.227 e. The molecule has 5 heteroatoms. The Bertz CT molecular complexity index is 685. The highest BCUT2D eigenvalue weighted by Gasteiger charge is 2.25. The number of nitrogens with zero attached hydrogens (tertiary/aromatic N) is 1. The van der Waals surface area contributed by atoms with E-state index < -0.39 is 0 Å². The van der Waals surface area contributed by atoms with E-state index in [4.69, 9.17) is 9.47 Å². The van der Waals surface area contributed by atoms with E-state index in [1.54, 1.807) is 19.2 Å². The molecule has 1 aliphatic heterocycles. The minimum atomic E-state index is -0.276. The topological polar surface area (TPSA) is 38.8 Å². The summed E-state index contributed by atoms with van der Waals surface area (Å²) in [6.45, 7) is 1.55. The molecule has 1 atom stereocenters. The summed E-state index contributed by atoms with van der Waals surface area (Å²) in [6, 6.07) is 13.7. The molecule has 1 unspecified atom stereocenters. The molecule has 0 N–H and O–H groups in total. The second-order valence-corrected chi connectivity index (χ2v) is 5.78. The van der Waals surface area contributed by atoms with Crippen LogP contribution in [-0.2, 0) is 16.0 Å². The number of ether oxygens (including phenoxy) is 2. The molecule has 0 bridgehead atoms. The summed E-state index contributed by atoms with van der Waals surface area (Å²) in [5.74, 6) is 0.562. The molecule has 1 amide bonds. The van der Waals surface area contributed by atoms with Crippen molar-refractivity contribution in [3.63, 3.8) is 0 Å². The average molecular weight is 329 g/mol. The SMILES string of the molecule is COc1ccc(CC(=O)N2CCOC(c3ccc(F)cc3)C2)cc1. The van der Waals surface area contributed by atoms with Crippen molar-refractivity contribution in [1.82, 2.24) is 4.90 Å². The highest BCUT2D eigenvalue weighted by molar-refractivity contribution is 5.79. The molecule has 0 aromatic heterocycles. The van der Waals surface area contributed by atoms with Crippen molar-refractivity contribution in [2.24, 2.45) is 0 Å². The second kappa shape index (κ2) is 7.45. The van der Waals surface area contributed by atoms with Gasteiger partial charge in [0.1, 0.15) is 17.7 Å². The molecular formula is C19H20FNO3. The largest absolute Gasteiger partial charge is 0.497 e. The van der Waals surface area contributed by atoms with E-state index in [0.717, 1.165) is 16.9 Å². The van der Waals surface area contributed by atoms with Gasteiger partial charge in [0.05, 0.1) is 26.7 Å². The minimum Gasteiger partial charge on any atom is -0.497 e. The number of amides is 1. The van der Waals surface area contributed by atoms with Gasteiger partial charge in [-0.2, -0.15) is 0 Å². The van der Waals surface area contributed by atoms with Crippen LogP contribution >= 0.6 is 0 Å². The molecule has 4 nitrogen and oxygen atoms in total. The van der Waals surface area contributed by atoms with Crippen LogP contribution < -0.4 is 4.74 Å². The molecule has 0 spiro atoms. The first-order valence-electron chi connectivity index (χ1n) is 7.93. The van der Waals surface area contributed by atoms with E-state index >= 15 is 0 Å². The van der Waals surface area contributed by atoms with E-state index in [9.17, 15) is 9.18 Å². The van der Waals surface area contributed by atoms with Crippen LogP contribution in [0, 0.1) is 5.82 Å². The lowest BCUT2D eigenvalue weighted by molar-refractivity contribution is -0.138. The molecule has 0 radical (unpaired) electrons. The maximum atomic E-state index is 13.0. The fourth-order valence-corrected chi connectivity index (χ4v) is 2.78. The first-order chi connectivity index (χ1) is 11.7. The van der Waals surface area contributed by atoms with Crippen LogP contribution in [0.15, 0.2) is 48.5 Å². The quantitative estimate of drug-likeness (QED) is 0.866. The van der Waals surface area contributed by atoms with Gasteiger partial charge in [-0.1, -0.05) is 24.3 Å². The van der Waals surface area contributed by atoms with Gasteiger partial charge in [0, 0.05) is 6.54 Å². The fraction of sp³-hybridized carbons (Fsp3) is 0.316. The zero-order valence-corrected chi connectivity index (χ0v) is 13.6. The number of methoxy groups -OCH3 is 1. The third-order valence-corrected chi connectivity index (χ3v) is 4.18. The molecular weight excluding hydrogens is 309 g/mol.